The first-order chi connectivity index (χ1) is 9.15. The number of sulfone groups is 1. The van der Waals surface area contributed by atoms with Crippen LogP contribution in [0.25, 0.3) is 0 Å². The Labute approximate surface area is 129 Å². The highest BCUT2D eigenvalue weighted by molar-refractivity contribution is 9.10. The molecular formula is C14H20BrNO3S. The molecule has 0 heterocycles. The highest BCUT2D eigenvalue weighted by Crippen LogP contribution is 2.17. The maximum absolute atomic E-state index is 12.2. The van der Waals surface area contributed by atoms with Crippen molar-refractivity contribution in [1.29, 1.82) is 0 Å². The van der Waals surface area contributed by atoms with Gasteiger partial charge in [0.15, 0.2) is 9.84 Å². The molecule has 1 aromatic carbocycles. The molecule has 0 aliphatic heterocycles. The van der Waals surface area contributed by atoms with Crippen LogP contribution in [0.2, 0.25) is 0 Å². The third-order valence-electron chi connectivity index (χ3n) is 2.89. The first-order valence-electron chi connectivity index (χ1n) is 6.44. The molecule has 0 radical (unpaired) electrons. The van der Waals surface area contributed by atoms with E-state index in [1.165, 1.54) is 12.1 Å². The Morgan fingerprint density at radius 2 is 1.55 bits per heavy atom. The first-order valence-corrected chi connectivity index (χ1v) is 8.89. The lowest BCUT2D eigenvalue weighted by Crippen LogP contribution is -2.44. The first kappa shape index (κ1) is 17.2. The molecular weight excluding hydrogens is 342 g/mol. The lowest BCUT2D eigenvalue weighted by atomic mass is 10.2. The Bertz CT molecular complexity index is 557. The van der Waals surface area contributed by atoms with Crippen molar-refractivity contribution in [2.75, 3.05) is 5.75 Å². The summed E-state index contributed by atoms with van der Waals surface area (Å²) in [5, 5.41) is 0. The highest BCUT2D eigenvalue weighted by atomic mass is 79.9. The minimum Gasteiger partial charge on any atom is -0.337 e. The molecule has 4 nitrogen and oxygen atoms in total. The molecule has 1 amide bonds. The molecule has 1 rings (SSSR count). The summed E-state index contributed by atoms with van der Waals surface area (Å²) in [6.45, 7) is 7.52. The molecule has 0 saturated carbocycles. The summed E-state index contributed by atoms with van der Waals surface area (Å²) in [6.07, 6.45) is 0. The zero-order valence-electron chi connectivity index (χ0n) is 12.1. The number of hydrogen-bond acceptors (Lipinski definition) is 3. The number of benzene rings is 1. The monoisotopic (exact) mass is 361 g/mol. The third-order valence-corrected chi connectivity index (χ3v) is 5.03. The van der Waals surface area contributed by atoms with Gasteiger partial charge in [-0.3, -0.25) is 4.79 Å². The van der Waals surface area contributed by atoms with E-state index in [0.717, 1.165) is 4.47 Å². The Morgan fingerprint density at radius 3 is 1.95 bits per heavy atom. The van der Waals surface area contributed by atoms with Crippen LogP contribution < -0.4 is 0 Å². The van der Waals surface area contributed by atoms with E-state index in [9.17, 15) is 13.2 Å². The van der Waals surface area contributed by atoms with Crippen molar-refractivity contribution in [3.8, 4) is 0 Å². The predicted molar refractivity (Wildman–Crippen MR) is 83.3 cm³/mol. The number of halogens is 1. The Hall–Kier alpha value is -0.880. The molecule has 1 aromatic rings. The molecule has 20 heavy (non-hydrogen) atoms. The van der Waals surface area contributed by atoms with E-state index in [1.54, 1.807) is 17.0 Å². The zero-order chi connectivity index (χ0) is 15.5. The highest BCUT2D eigenvalue weighted by Gasteiger charge is 2.26. The van der Waals surface area contributed by atoms with Crippen LogP contribution >= 0.6 is 15.9 Å². The number of rotatable bonds is 5. The average Bonchev–Trinajstić information content (AvgIpc) is 2.27. The van der Waals surface area contributed by atoms with Gasteiger partial charge in [0.05, 0.1) is 4.90 Å². The molecule has 0 aliphatic rings. The van der Waals surface area contributed by atoms with Gasteiger partial charge in [-0.05, 0) is 52.0 Å². The van der Waals surface area contributed by atoms with Crippen LogP contribution in [0.1, 0.15) is 27.7 Å². The Balaban J connectivity index is 2.96. The summed E-state index contributed by atoms with van der Waals surface area (Å²) in [5.74, 6) is -0.858. The van der Waals surface area contributed by atoms with Gasteiger partial charge in [-0.25, -0.2) is 8.42 Å². The number of hydrogen-bond donors (Lipinski definition) is 0. The average molecular weight is 362 g/mol. The van der Waals surface area contributed by atoms with Crippen molar-refractivity contribution >= 4 is 31.7 Å². The maximum atomic E-state index is 12.2. The van der Waals surface area contributed by atoms with Crippen LogP contribution in [0.15, 0.2) is 33.6 Å². The molecule has 0 atom stereocenters. The van der Waals surface area contributed by atoms with E-state index >= 15 is 0 Å². The smallest absolute Gasteiger partial charge is 0.238 e. The summed E-state index contributed by atoms with van der Waals surface area (Å²) < 4.78 is 25.3. The zero-order valence-corrected chi connectivity index (χ0v) is 14.5. The summed E-state index contributed by atoms with van der Waals surface area (Å²) >= 11 is 3.25. The van der Waals surface area contributed by atoms with Crippen molar-refractivity contribution < 1.29 is 13.2 Å². The van der Waals surface area contributed by atoms with Crippen molar-refractivity contribution in [3.05, 3.63) is 28.7 Å². The van der Waals surface area contributed by atoms with E-state index in [1.807, 2.05) is 27.7 Å². The van der Waals surface area contributed by atoms with Gasteiger partial charge < -0.3 is 4.90 Å². The normalized spacial score (nSPS) is 11.9. The van der Waals surface area contributed by atoms with Crippen LogP contribution in [0.4, 0.5) is 0 Å². The number of carbonyl (C=O) groups is 1. The van der Waals surface area contributed by atoms with Crippen molar-refractivity contribution in [2.45, 2.75) is 44.7 Å². The molecule has 0 aliphatic carbocycles. The Morgan fingerprint density at radius 1 is 1.10 bits per heavy atom. The molecule has 0 spiro atoms. The molecule has 0 fully saturated rings. The second kappa shape index (κ2) is 6.72. The van der Waals surface area contributed by atoms with Crippen LogP contribution in [0.5, 0.6) is 0 Å². The van der Waals surface area contributed by atoms with Crippen LogP contribution in [-0.2, 0) is 14.6 Å². The molecule has 112 valence electrons. The standard InChI is InChI=1S/C14H20BrNO3S/c1-10(2)16(11(3)4)14(17)9-20(18,19)13-7-5-12(15)6-8-13/h5-8,10-11H,9H2,1-4H3. The fourth-order valence-corrected chi connectivity index (χ4v) is 3.59. The lowest BCUT2D eigenvalue weighted by molar-refractivity contribution is -0.131. The largest absolute Gasteiger partial charge is 0.337 e. The van der Waals surface area contributed by atoms with Gasteiger partial charge in [0, 0.05) is 16.6 Å². The van der Waals surface area contributed by atoms with Gasteiger partial charge in [-0.15, -0.1) is 0 Å². The Kier molecular flexibility index (Phi) is 5.77. The van der Waals surface area contributed by atoms with Gasteiger partial charge in [0.1, 0.15) is 5.75 Å². The van der Waals surface area contributed by atoms with E-state index in [4.69, 9.17) is 0 Å². The number of carbonyl (C=O) groups excluding carboxylic acids is 1. The second-order valence-electron chi connectivity index (χ2n) is 5.20. The van der Waals surface area contributed by atoms with Gasteiger partial charge in [0.2, 0.25) is 5.91 Å². The third kappa shape index (κ3) is 4.31. The van der Waals surface area contributed by atoms with E-state index in [2.05, 4.69) is 15.9 Å². The fourth-order valence-electron chi connectivity index (χ4n) is 2.13. The van der Waals surface area contributed by atoms with Crippen molar-refractivity contribution in [3.63, 3.8) is 0 Å². The summed E-state index contributed by atoms with van der Waals surface area (Å²) in [6, 6.07) is 6.26. The molecule has 0 N–H and O–H groups in total. The van der Waals surface area contributed by atoms with Crippen molar-refractivity contribution in [1.82, 2.24) is 4.90 Å². The van der Waals surface area contributed by atoms with Gasteiger partial charge >= 0.3 is 0 Å². The second-order valence-corrected chi connectivity index (χ2v) is 8.11. The van der Waals surface area contributed by atoms with E-state index in [0.29, 0.717) is 0 Å². The fraction of sp³-hybridized carbons (Fsp3) is 0.500. The van der Waals surface area contributed by atoms with E-state index in [-0.39, 0.29) is 22.9 Å². The SMILES string of the molecule is CC(C)N(C(=O)CS(=O)(=O)c1ccc(Br)cc1)C(C)C. The molecule has 0 unspecified atom stereocenters. The van der Waals surface area contributed by atoms with Gasteiger partial charge in [-0.2, -0.15) is 0 Å². The molecule has 0 aromatic heterocycles. The number of amides is 1. The minimum atomic E-state index is -3.60. The maximum Gasteiger partial charge on any atom is 0.238 e. The summed E-state index contributed by atoms with van der Waals surface area (Å²) in [4.78, 5) is 14.0. The summed E-state index contributed by atoms with van der Waals surface area (Å²) in [5.41, 5.74) is 0. The molecule has 0 saturated heterocycles. The van der Waals surface area contributed by atoms with Crippen LogP contribution in [0.3, 0.4) is 0 Å². The van der Waals surface area contributed by atoms with E-state index < -0.39 is 15.6 Å². The van der Waals surface area contributed by atoms with Crippen LogP contribution in [0, 0.1) is 0 Å². The van der Waals surface area contributed by atoms with Gasteiger partial charge in [0.25, 0.3) is 0 Å². The predicted octanol–water partition coefficient (Wildman–Crippen LogP) is 2.87. The molecule has 6 heteroatoms. The van der Waals surface area contributed by atoms with Crippen molar-refractivity contribution in [2.24, 2.45) is 0 Å². The number of nitrogens with zero attached hydrogens (tertiary/aromatic N) is 1. The topological polar surface area (TPSA) is 54.5 Å². The van der Waals surface area contributed by atoms with Crippen LogP contribution in [-0.4, -0.2) is 37.1 Å². The summed E-state index contributed by atoms with van der Waals surface area (Å²) in [7, 11) is -3.60. The molecule has 0 bridgehead atoms. The lowest BCUT2D eigenvalue weighted by Gasteiger charge is -2.30. The minimum absolute atomic E-state index is 0.0254. The quantitative estimate of drug-likeness (QED) is 0.809. The van der Waals surface area contributed by atoms with Gasteiger partial charge in [-0.1, -0.05) is 15.9 Å².